The van der Waals surface area contributed by atoms with Crippen LogP contribution < -0.4 is 26.2 Å². The molecule has 0 radical (unpaired) electrons. The lowest BCUT2D eigenvalue weighted by Crippen LogP contribution is -2.61. The molecule has 0 aliphatic carbocycles. The molecule has 0 atom stereocenters. The van der Waals surface area contributed by atoms with Crippen molar-refractivity contribution in [1.29, 1.82) is 0 Å². The smallest absolute Gasteiger partial charge is 0.252 e. The van der Waals surface area contributed by atoms with Crippen LogP contribution in [0.4, 0.5) is 34.1 Å². The summed E-state index contributed by atoms with van der Waals surface area (Å²) in [6.07, 6.45) is 0. The van der Waals surface area contributed by atoms with Crippen molar-refractivity contribution < 1.29 is 0 Å². The second-order valence-electron chi connectivity index (χ2n) is 37.5. The van der Waals surface area contributed by atoms with Crippen molar-refractivity contribution in [2.24, 2.45) is 0 Å². The summed E-state index contributed by atoms with van der Waals surface area (Å²) in [5, 5.41) is 9.89. The highest BCUT2D eigenvalue weighted by Crippen LogP contribution is 2.51. The molecule has 0 unspecified atom stereocenters. The largest absolute Gasteiger partial charge is 0.311 e. The van der Waals surface area contributed by atoms with Gasteiger partial charge >= 0.3 is 0 Å². The number of aromatic nitrogens is 2. The predicted molar refractivity (Wildman–Crippen MR) is 432 cm³/mol. The Morgan fingerprint density at radius 1 is 0.253 bits per heavy atom. The van der Waals surface area contributed by atoms with Gasteiger partial charge in [0.25, 0.3) is 6.71 Å². The Bertz CT molecular complexity index is 4840. The van der Waals surface area contributed by atoms with E-state index in [1.54, 1.807) is 0 Å². The number of hydrogen-bond donors (Lipinski definition) is 0. The Morgan fingerprint density at radius 3 is 0.859 bits per heavy atom. The number of anilines is 6. The third-order valence-electron chi connectivity index (χ3n) is 21.5. The highest BCUT2D eigenvalue weighted by molar-refractivity contribution is 7.00. The average Bonchev–Trinajstić information content (AvgIpc) is 0.687. The van der Waals surface area contributed by atoms with Crippen LogP contribution in [0, 0.1) is 0 Å². The van der Waals surface area contributed by atoms with Gasteiger partial charge in [0.15, 0.2) is 5.82 Å². The molecular weight excluding hydrogens is 1200 g/mol. The standard InChI is InChI=1S/C94H103BN4/c1-87(2,3)63-37-60(38-64(45-63)88(4,5)6)79-55-80(61-39-65(89(7,8)9)46-66(40-61)90(10,11)12)97-86(96-79)62-43-83-85-84(44-62)99(72-51-69(93(19,20)21)48-70(52-72)94(22,23)24)82-42-59-36-34-57-30-26-28-32-74(57)76(59)54-78(82)95(85)77-53-75-58(35-33-56-29-25-27-31-73(56)75)41-81(77)98(83)71-49-67(91(13,14)15)47-68(50-71)92(16,17)18/h25-55H,1-24H3. The second kappa shape index (κ2) is 22.9. The summed E-state index contributed by atoms with van der Waals surface area (Å²) in [5.41, 5.74) is 24.7. The summed E-state index contributed by atoms with van der Waals surface area (Å²) in [6, 6.07) is 74.1. The first-order valence-electron chi connectivity index (χ1n) is 36.3. The van der Waals surface area contributed by atoms with E-state index in [0.717, 1.165) is 50.8 Å². The third kappa shape index (κ3) is 12.3. The molecule has 1 aromatic heterocycles. The summed E-state index contributed by atoms with van der Waals surface area (Å²) < 4.78 is 0. The number of fused-ring (bicyclic) bond motifs is 10. The fourth-order valence-electron chi connectivity index (χ4n) is 15.0. The van der Waals surface area contributed by atoms with Crippen LogP contribution in [-0.2, 0) is 43.3 Å². The van der Waals surface area contributed by atoms with Crippen LogP contribution in [0.25, 0.3) is 77.0 Å². The van der Waals surface area contributed by atoms with Gasteiger partial charge in [0.2, 0.25) is 0 Å². The van der Waals surface area contributed by atoms with E-state index in [1.807, 2.05) is 0 Å². The molecule has 0 amide bonds. The summed E-state index contributed by atoms with van der Waals surface area (Å²) in [7, 11) is 0. The molecule has 0 saturated carbocycles. The first kappa shape index (κ1) is 67.4. The van der Waals surface area contributed by atoms with E-state index >= 15 is 0 Å². The lowest BCUT2D eigenvalue weighted by molar-refractivity contribution is 0.568. The summed E-state index contributed by atoms with van der Waals surface area (Å²) >= 11 is 0. The van der Waals surface area contributed by atoms with Gasteiger partial charge in [-0.1, -0.05) is 275 Å². The van der Waals surface area contributed by atoms with Crippen LogP contribution in [0.2, 0.25) is 0 Å². The van der Waals surface area contributed by atoms with E-state index in [4.69, 9.17) is 9.97 Å². The summed E-state index contributed by atoms with van der Waals surface area (Å²) in [6.45, 7) is 56.2. The van der Waals surface area contributed by atoms with E-state index in [0.29, 0.717) is 5.82 Å². The molecule has 0 bridgehead atoms. The van der Waals surface area contributed by atoms with Crippen LogP contribution in [0.5, 0.6) is 0 Å². The Morgan fingerprint density at radius 2 is 0.545 bits per heavy atom. The topological polar surface area (TPSA) is 32.3 Å². The van der Waals surface area contributed by atoms with Gasteiger partial charge in [-0.25, -0.2) is 9.97 Å². The minimum absolute atomic E-state index is 0.125. The second-order valence-corrected chi connectivity index (χ2v) is 37.5. The quantitative estimate of drug-likeness (QED) is 0.127. The first-order chi connectivity index (χ1) is 46.1. The van der Waals surface area contributed by atoms with E-state index < -0.39 is 0 Å². The van der Waals surface area contributed by atoms with Crippen LogP contribution in [0.15, 0.2) is 188 Å². The monoisotopic (exact) mass is 1300 g/mol. The fourth-order valence-corrected chi connectivity index (χ4v) is 15.0. The highest BCUT2D eigenvalue weighted by Gasteiger charge is 2.45. The van der Waals surface area contributed by atoms with Gasteiger partial charge in [-0.15, -0.1) is 0 Å². The fraction of sp³-hybridized carbons (Fsp3) is 0.340. The molecule has 0 spiro atoms. The molecule has 99 heavy (non-hydrogen) atoms. The lowest BCUT2D eigenvalue weighted by Gasteiger charge is -2.45. The maximum absolute atomic E-state index is 6.01. The van der Waals surface area contributed by atoms with Gasteiger partial charge < -0.3 is 9.80 Å². The van der Waals surface area contributed by atoms with Crippen LogP contribution >= 0.6 is 0 Å². The van der Waals surface area contributed by atoms with Gasteiger partial charge in [0.05, 0.1) is 11.4 Å². The van der Waals surface area contributed by atoms with Crippen LogP contribution in [0.1, 0.15) is 211 Å². The van der Waals surface area contributed by atoms with Crippen molar-refractivity contribution in [3.63, 3.8) is 0 Å². The van der Waals surface area contributed by atoms with Gasteiger partial charge in [0.1, 0.15) is 0 Å². The molecule has 14 rings (SSSR count). The molecule has 11 aromatic carbocycles. The molecule has 502 valence electrons. The molecular formula is C94H103BN4. The summed E-state index contributed by atoms with van der Waals surface area (Å²) in [5.74, 6) is 0.680. The lowest BCUT2D eigenvalue weighted by atomic mass is 9.33. The average molecular weight is 1300 g/mol. The predicted octanol–water partition coefficient (Wildman–Crippen LogP) is 24.6. The van der Waals surface area contributed by atoms with E-state index in [1.165, 1.54) is 115 Å². The third-order valence-corrected chi connectivity index (χ3v) is 21.5. The molecule has 12 aromatic rings. The van der Waals surface area contributed by atoms with Gasteiger partial charge in [0, 0.05) is 50.8 Å². The zero-order chi connectivity index (χ0) is 71.0. The molecule has 0 saturated heterocycles. The Kier molecular flexibility index (Phi) is 15.6. The molecule has 3 heterocycles. The first-order valence-corrected chi connectivity index (χ1v) is 36.3. The van der Waals surface area contributed by atoms with Crippen molar-refractivity contribution in [2.45, 2.75) is 209 Å². The van der Waals surface area contributed by atoms with E-state index in [-0.39, 0.29) is 50.0 Å². The number of nitrogens with zero attached hydrogens (tertiary/aromatic N) is 4. The number of rotatable bonds is 5. The van der Waals surface area contributed by atoms with Gasteiger partial charge in [-0.3, -0.25) is 0 Å². The van der Waals surface area contributed by atoms with Gasteiger partial charge in [-0.05, 0) is 226 Å². The van der Waals surface area contributed by atoms with Crippen LogP contribution in [0.3, 0.4) is 0 Å². The van der Waals surface area contributed by atoms with Gasteiger partial charge in [-0.2, -0.15) is 0 Å². The molecule has 0 fully saturated rings. The Labute approximate surface area is 592 Å². The van der Waals surface area contributed by atoms with E-state index in [9.17, 15) is 0 Å². The van der Waals surface area contributed by atoms with Crippen LogP contribution in [-0.4, -0.2) is 16.7 Å². The highest BCUT2D eigenvalue weighted by atomic mass is 15.2. The van der Waals surface area contributed by atoms with Crippen molar-refractivity contribution in [1.82, 2.24) is 9.97 Å². The zero-order valence-electron chi connectivity index (χ0n) is 63.8. The number of hydrogen-bond acceptors (Lipinski definition) is 4. The molecule has 2 aliphatic heterocycles. The van der Waals surface area contributed by atoms with E-state index in [2.05, 4.69) is 364 Å². The van der Waals surface area contributed by atoms with Crippen molar-refractivity contribution in [3.8, 4) is 33.9 Å². The summed E-state index contributed by atoms with van der Waals surface area (Å²) in [4.78, 5) is 17.3. The normalized spacial score (nSPS) is 14.0. The maximum Gasteiger partial charge on any atom is 0.252 e. The molecule has 2 aliphatic rings. The number of benzene rings is 11. The molecule has 5 heteroatoms. The SMILES string of the molecule is CC(C)(C)c1cc(-c2cc(-c3cc(C(C)(C)C)cc(C(C)(C)C)c3)nc(-c3cc4c5c(c3)N(c3cc(C(C)(C)C)cc(C(C)(C)C)c3)c3cc6ccc7ccccc7c6cc3B5c3cc5c(ccc6ccccc65)cc3N4c3cc(C(C)(C)C)cc(C(C)(C)C)c3)n2)cc(C(C)(C)C)c1. The maximum atomic E-state index is 6.01. The Balaban J connectivity index is 1.20. The minimum Gasteiger partial charge on any atom is -0.311 e. The molecule has 0 N–H and O–H groups in total. The van der Waals surface area contributed by atoms with Crippen molar-refractivity contribution in [3.05, 3.63) is 233 Å². The zero-order valence-corrected chi connectivity index (χ0v) is 63.8. The molecule has 4 nitrogen and oxygen atoms in total. The minimum atomic E-state index is -0.205. The Hall–Kier alpha value is -8.80. The van der Waals surface area contributed by atoms with Crippen molar-refractivity contribution in [2.75, 3.05) is 9.80 Å². The van der Waals surface area contributed by atoms with Crippen molar-refractivity contribution >= 4 is 100 Å².